The molecule has 1 aliphatic rings. The molecule has 0 fully saturated rings. The van der Waals surface area contributed by atoms with Crippen LogP contribution in [0.1, 0.15) is 47.7 Å². The molecule has 4 rings (SSSR count). The Balaban J connectivity index is 1.45. The summed E-state index contributed by atoms with van der Waals surface area (Å²) in [6.07, 6.45) is 4.77. The van der Waals surface area contributed by atoms with Crippen LogP contribution >= 0.6 is 0 Å². The molecule has 1 aromatic heterocycles. The summed E-state index contributed by atoms with van der Waals surface area (Å²) in [6.45, 7) is 4.63. The smallest absolute Gasteiger partial charge is 0.336 e. The van der Waals surface area contributed by atoms with Crippen molar-refractivity contribution >= 4 is 17.3 Å². The quantitative estimate of drug-likeness (QED) is 0.511. The van der Waals surface area contributed by atoms with E-state index in [4.69, 9.17) is 9.47 Å². The number of aromatic carboxylic acids is 1. The van der Waals surface area contributed by atoms with Gasteiger partial charge < -0.3 is 19.5 Å². The molecule has 0 unspecified atom stereocenters. The van der Waals surface area contributed by atoms with Crippen molar-refractivity contribution in [3.8, 4) is 11.5 Å². The molecule has 1 N–H and O–H groups in total. The summed E-state index contributed by atoms with van der Waals surface area (Å²) in [6, 6.07) is 15.9. The zero-order valence-electron chi connectivity index (χ0n) is 18.6. The molecule has 32 heavy (non-hydrogen) atoms. The highest BCUT2D eigenvalue weighted by Gasteiger charge is 2.25. The molecule has 0 saturated carbocycles. The van der Waals surface area contributed by atoms with Crippen LogP contribution in [-0.2, 0) is 6.42 Å². The molecule has 1 aliphatic heterocycles. The number of nitrogens with zero attached hydrogens (tertiary/aromatic N) is 2. The van der Waals surface area contributed by atoms with Gasteiger partial charge >= 0.3 is 5.97 Å². The lowest BCUT2D eigenvalue weighted by atomic mass is 9.93. The standard InChI is InChI=1S/C26H28N2O4/c1-17(2)32-22-9-6-20(7-10-22)28(3)21-8-11-23-19(16-31-25(23)14-21)5-4-18-15-27-13-12-24(18)26(29)30/h6-15,17,19H,4-5,16H2,1-3H3,(H,29,30)/t19-/m1/s1. The molecule has 0 spiro atoms. The molecule has 0 bridgehead atoms. The molecule has 3 aromatic rings. The largest absolute Gasteiger partial charge is 0.493 e. The van der Waals surface area contributed by atoms with E-state index in [-0.39, 0.29) is 12.0 Å². The Morgan fingerprint density at radius 2 is 1.94 bits per heavy atom. The van der Waals surface area contributed by atoms with Crippen LogP contribution in [0.25, 0.3) is 0 Å². The van der Waals surface area contributed by atoms with E-state index in [9.17, 15) is 9.90 Å². The third-order valence-corrected chi connectivity index (χ3v) is 5.76. The van der Waals surface area contributed by atoms with Crippen molar-refractivity contribution in [1.29, 1.82) is 0 Å². The van der Waals surface area contributed by atoms with Gasteiger partial charge in [-0.25, -0.2) is 4.79 Å². The highest BCUT2D eigenvalue weighted by molar-refractivity contribution is 5.89. The first-order valence-electron chi connectivity index (χ1n) is 10.9. The second-order valence-corrected chi connectivity index (χ2v) is 8.33. The Morgan fingerprint density at radius 3 is 2.66 bits per heavy atom. The average molecular weight is 433 g/mol. The van der Waals surface area contributed by atoms with Crippen molar-refractivity contribution in [3.63, 3.8) is 0 Å². The van der Waals surface area contributed by atoms with Gasteiger partial charge in [-0.1, -0.05) is 6.07 Å². The third-order valence-electron chi connectivity index (χ3n) is 5.76. The first-order chi connectivity index (χ1) is 15.4. The van der Waals surface area contributed by atoms with Crippen LogP contribution in [0.4, 0.5) is 11.4 Å². The SMILES string of the molecule is CC(C)Oc1ccc(N(C)c2ccc3c(c2)OC[C@H]3CCc2cnccc2C(=O)O)cc1. The van der Waals surface area contributed by atoms with Crippen LogP contribution in [0.3, 0.4) is 0 Å². The summed E-state index contributed by atoms with van der Waals surface area (Å²) in [5.41, 5.74) is 4.36. The molecular formula is C26H28N2O4. The summed E-state index contributed by atoms with van der Waals surface area (Å²) in [5.74, 6) is 1.07. The predicted molar refractivity (Wildman–Crippen MR) is 124 cm³/mol. The van der Waals surface area contributed by atoms with Crippen LogP contribution < -0.4 is 14.4 Å². The van der Waals surface area contributed by atoms with Gasteiger partial charge in [0.2, 0.25) is 0 Å². The van der Waals surface area contributed by atoms with Gasteiger partial charge in [0.15, 0.2) is 0 Å². The van der Waals surface area contributed by atoms with E-state index in [0.29, 0.717) is 18.6 Å². The fourth-order valence-electron chi connectivity index (χ4n) is 4.05. The lowest BCUT2D eigenvalue weighted by Gasteiger charge is -2.21. The van der Waals surface area contributed by atoms with Crippen LogP contribution in [0.15, 0.2) is 60.9 Å². The number of aromatic nitrogens is 1. The number of ether oxygens (including phenoxy) is 2. The van der Waals surface area contributed by atoms with Gasteiger partial charge in [-0.15, -0.1) is 0 Å². The number of hydrogen-bond donors (Lipinski definition) is 1. The summed E-state index contributed by atoms with van der Waals surface area (Å²) in [7, 11) is 2.03. The molecule has 6 nitrogen and oxygen atoms in total. The molecular weight excluding hydrogens is 404 g/mol. The minimum Gasteiger partial charge on any atom is -0.493 e. The maximum Gasteiger partial charge on any atom is 0.336 e. The number of pyridine rings is 1. The highest BCUT2D eigenvalue weighted by Crippen LogP contribution is 2.40. The van der Waals surface area contributed by atoms with E-state index in [2.05, 4.69) is 28.1 Å². The van der Waals surface area contributed by atoms with Gasteiger partial charge in [-0.2, -0.15) is 0 Å². The van der Waals surface area contributed by atoms with E-state index in [0.717, 1.165) is 34.9 Å². The van der Waals surface area contributed by atoms with Gasteiger partial charge in [-0.05, 0) is 68.7 Å². The third kappa shape index (κ3) is 4.69. The van der Waals surface area contributed by atoms with Crippen molar-refractivity contribution in [2.75, 3.05) is 18.6 Å². The van der Waals surface area contributed by atoms with Gasteiger partial charge in [0.05, 0.1) is 18.3 Å². The fourth-order valence-corrected chi connectivity index (χ4v) is 4.05. The van der Waals surface area contributed by atoms with Gasteiger partial charge in [-0.3, -0.25) is 4.98 Å². The van der Waals surface area contributed by atoms with Crippen molar-refractivity contribution in [3.05, 3.63) is 77.6 Å². The average Bonchev–Trinajstić information content (AvgIpc) is 3.19. The number of hydrogen-bond acceptors (Lipinski definition) is 5. The number of benzene rings is 2. The van der Waals surface area contributed by atoms with Crippen molar-refractivity contribution < 1.29 is 19.4 Å². The van der Waals surface area contributed by atoms with Gasteiger partial charge in [0.1, 0.15) is 11.5 Å². The Bertz CT molecular complexity index is 1100. The lowest BCUT2D eigenvalue weighted by molar-refractivity contribution is 0.0695. The number of aryl methyl sites for hydroxylation is 1. The first kappa shape index (κ1) is 21.7. The molecule has 6 heteroatoms. The molecule has 0 radical (unpaired) electrons. The number of rotatable bonds is 8. The number of carbonyl (C=O) groups is 1. The topological polar surface area (TPSA) is 71.9 Å². The summed E-state index contributed by atoms with van der Waals surface area (Å²) >= 11 is 0. The maximum absolute atomic E-state index is 11.4. The Labute approximate surface area is 188 Å². The molecule has 2 heterocycles. The van der Waals surface area contributed by atoms with Crippen LogP contribution in [0.2, 0.25) is 0 Å². The van der Waals surface area contributed by atoms with E-state index in [1.165, 1.54) is 11.8 Å². The van der Waals surface area contributed by atoms with Gasteiger partial charge in [0.25, 0.3) is 0 Å². The number of fused-ring (bicyclic) bond motifs is 1. The van der Waals surface area contributed by atoms with E-state index in [1.54, 1.807) is 12.3 Å². The second kappa shape index (κ2) is 9.30. The molecule has 0 saturated heterocycles. The van der Waals surface area contributed by atoms with Crippen molar-refractivity contribution in [2.24, 2.45) is 0 Å². The van der Waals surface area contributed by atoms with Crippen molar-refractivity contribution in [2.45, 2.75) is 38.7 Å². The van der Waals surface area contributed by atoms with Crippen molar-refractivity contribution in [1.82, 2.24) is 4.98 Å². The summed E-state index contributed by atoms with van der Waals surface area (Å²) in [4.78, 5) is 17.6. The Morgan fingerprint density at radius 1 is 1.19 bits per heavy atom. The molecule has 166 valence electrons. The monoisotopic (exact) mass is 432 g/mol. The summed E-state index contributed by atoms with van der Waals surface area (Å²) in [5, 5.41) is 9.38. The maximum atomic E-state index is 11.4. The second-order valence-electron chi connectivity index (χ2n) is 8.33. The first-order valence-corrected chi connectivity index (χ1v) is 10.9. The van der Waals surface area contributed by atoms with Gasteiger partial charge in [0, 0.05) is 48.4 Å². The highest BCUT2D eigenvalue weighted by atomic mass is 16.5. The molecule has 2 aromatic carbocycles. The minimum atomic E-state index is -0.915. The lowest BCUT2D eigenvalue weighted by Crippen LogP contribution is -2.10. The zero-order chi connectivity index (χ0) is 22.7. The zero-order valence-corrected chi connectivity index (χ0v) is 18.6. The summed E-state index contributed by atoms with van der Waals surface area (Å²) < 4.78 is 11.7. The van der Waals surface area contributed by atoms with E-state index >= 15 is 0 Å². The number of anilines is 2. The van der Waals surface area contributed by atoms with Crippen LogP contribution in [0, 0.1) is 0 Å². The number of carboxylic acid groups (broad SMARTS) is 1. The minimum absolute atomic E-state index is 0.147. The predicted octanol–water partition coefficient (Wildman–Crippen LogP) is 5.44. The molecule has 0 aliphatic carbocycles. The molecule has 0 amide bonds. The number of carboxylic acids is 1. The normalized spacial score (nSPS) is 14.7. The van der Waals surface area contributed by atoms with E-state index < -0.39 is 5.97 Å². The van der Waals surface area contributed by atoms with Crippen LogP contribution in [0.5, 0.6) is 11.5 Å². The Kier molecular flexibility index (Phi) is 6.30. The van der Waals surface area contributed by atoms with Crippen LogP contribution in [-0.4, -0.2) is 35.8 Å². The Hall–Kier alpha value is -3.54. The molecule has 1 atom stereocenters. The fraction of sp³-hybridized carbons (Fsp3) is 0.308. The van der Waals surface area contributed by atoms with E-state index in [1.807, 2.05) is 45.2 Å².